The van der Waals surface area contributed by atoms with Crippen LogP contribution in [-0.2, 0) is 11.2 Å². The van der Waals surface area contributed by atoms with Crippen molar-refractivity contribution in [3.05, 3.63) is 29.3 Å². The molecule has 0 aromatic heterocycles. The SMILES string of the molecule is CCC(CC)NC(=O)CN1CCc2cc(C(C)N)ccc21. The lowest BCUT2D eigenvalue weighted by Crippen LogP contribution is -2.41. The van der Waals surface area contributed by atoms with Gasteiger partial charge in [-0.05, 0) is 43.4 Å². The Morgan fingerprint density at radius 3 is 2.71 bits per heavy atom. The highest BCUT2D eigenvalue weighted by Gasteiger charge is 2.22. The average Bonchev–Trinajstić information content (AvgIpc) is 2.87. The largest absolute Gasteiger partial charge is 0.362 e. The molecule has 0 spiro atoms. The van der Waals surface area contributed by atoms with E-state index in [1.165, 1.54) is 11.3 Å². The second-order valence-corrected chi connectivity index (χ2v) is 5.93. The first kappa shape index (κ1) is 15.8. The molecule has 0 radical (unpaired) electrons. The van der Waals surface area contributed by atoms with Crippen LogP contribution in [0.2, 0.25) is 0 Å². The van der Waals surface area contributed by atoms with E-state index in [9.17, 15) is 4.79 Å². The first-order valence-electron chi connectivity index (χ1n) is 7.97. The zero-order valence-electron chi connectivity index (χ0n) is 13.4. The number of hydrogen-bond acceptors (Lipinski definition) is 3. The average molecular weight is 289 g/mol. The van der Waals surface area contributed by atoms with E-state index < -0.39 is 0 Å². The van der Waals surface area contributed by atoms with Crippen molar-refractivity contribution >= 4 is 11.6 Å². The van der Waals surface area contributed by atoms with Crippen molar-refractivity contribution in [3.63, 3.8) is 0 Å². The fourth-order valence-corrected chi connectivity index (χ4v) is 2.88. The van der Waals surface area contributed by atoms with Crippen LogP contribution in [0.15, 0.2) is 18.2 Å². The molecule has 1 heterocycles. The molecule has 4 nitrogen and oxygen atoms in total. The van der Waals surface area contributed by atoms with Gasteiger partial charge in [0.25, 0.3) is 0 Å². The van der Waals surface area contributed by atoms with Gasteiger partial charge < -0.3 is 16.0 Å². The predicted octanol–water partition coefficient (Wildman–Crippen LogP) is 2.37. The number of amides is 1. The third-order valence-electron chi connectivity index (χ3n) is 4.31. The highest BCUT2D eigenvalue weighted by molar-refractivity contribution is 5.82. The van der Waals surface area contributed by atoms with Gasteiger partial charge in [-0.2, -0.15) is 0 Å². The minimum Gasteiger partial charge on any atom is -0.362 e. The lowest BCUT2D eigenvalue weighted by molar-refractivity contribution is -0.120. The molecule has 1 amide bonds. The molecular formula is C17H27N3O. The highest BCUT2D eigenvalue weighted by Crippen LogP contribution is 2.29. The smallest absolute Gasteiger partial charge is 0.239 e. The summed E-state index contributed by atoms with van der Waals surface area (Å²) in [5.74, 6) is 0.118. The maximum absolute atomic E-state index is 12.1. The fraction of sp³-hybridized carbons (Fsp3) is 0.588. The lowest BCUT2D eigenvalue weighted by atomic mass is 10.0. The van der Waals surface area contributed by atoms with Gasteiger partial charge in [0.05, 0.1) is 6.54 Å². The number of benzene rings is 1. The second kappa shape index (κ2) is 6.94. The van der Waals surface area contributed by atoms with Crippen LogP contribution < -0.4 is 16.0 Å². The van der Waals surface area contributed by atoms with E-state index >= 15 is 0 Å². The van der Waals surface area contributed by atoms with Crippen LogP contribution in [0.25, 0.3) is 0 Å². The molecule has 21 heavy (non-hydrogen) atoms. The first-order valence-corrected chi connectivity index (χ1v) is 7.97. The van der Waals surface area contributed by atoms with E-state index in [1.54, 1.807) is 0 Å². The zero-order valence-corrected chi connectivity index (χ0v) is 13.4. The van der Waals surface area contributed by atoms with Crippen LogP contribution >= 0.6 is 0 Å². The van der Waals surface area contributed by atoms with Crippen molar-refractivity contribution in [3.8, 4) is 0 Å². The van der Waals surface area contributed by atoms with Gasteiger partial charge in [-0.15, -0.1) is 0 Å². The van der Waals surface area contributed by atoms with Gasteiger partial charge in [-0.25, -0.2) is 0 Å². The summed E-state index contributed by atoms with van der Waals surface area (Å²) in [5, 5.41) is 3.10. The van der Waals surface area contributed by atoms with E-state index in [-0.39, 0.29) is 11.9 Å². The van der Waals surface area contributed by atoms with Crippen molar-refractivity contribution in [2.45, 2.75) is 52.1 Å². The Labute approximate surface area is 127 Å². The number of hydrogen-bond donors (Lipinski definition) is 2. The number of rotatable bonds is 6. The molecule has 4 heteroatoms. The van der Waals surface area contributed by atoms with Gasteiger partial charge >= 0.3 is 0 Å². The quantitative estimate of drug-likeness (QED) is 0.845. The normalized spacial score (nSPS) is 15.2. The Kier molecular flexibility index (Phi) is 5.23. The van der Waals surface area contributed by atoms with E-state index in [0.29, 0.717) is 12.6 Å². The van der Waals surface area contributed by atoms with E-state index in [2.05, 4.69) is 42.3 Å². The van der Waals surface area contributed by atoms with Crippen LogP contribution in [-0.4, -0.2) is 25.0 Å². The maximum atomic E-state index is 12.1. The molecule has 116 valence electrons. The molecule has 1 atom stereocenters. The van der Waals surface area contributed by atoms with Crippen molar-refractivity contribution < 1.29 is 4.79 Å². The highest BCUT2D eigenvalue weighted by atomic mass is 16.2. The molecule has 1 unspecified atom stereocenters. The molecule has 1 aromatic carbocycles. The monoisotopic (exact) mass is 289 g/mol. The lowest BCUT2D eigenvalue weighted by Gasteiger charge is -2.21. The molecule has 1 aliphatic heterocycles. The van der Waals surface area contributed by atoms with Crippen LogP contribution in [0.4, 0.5) is 5.69 Å². The van der Waals surface area contributed by atoms with E-state index in [4.69, 9.17) is 5.73 Å². The summed E-state index contributed by atoms with van der Waals surface area (Å²) < 4.78 is 0. The van der Waals surface area contributed by atoms with E-state index in [0.717, 1.165) is 31.4 Å². The maximum Gasteiger partial charge on any atom is 0.239 e. The van der Waals surface area contributed by atoms with Gasteiger partial charge in [-0.3, -0.25) is 4.79 Å². The molecule has 0 saturated heterocycles. The number of carbonyl (C=O) groups is 1. The number of nitrogens with two attached hydrogens (primary N) is 1. The summed E-state index contributed by atoms with van der Waals surface area (Å²) in [6, 6.07) is 6.70. The number of anilines is 1. The molecule has 1 aliphatic rings. The molecule has 0 fully saturated rings. The standard InChI is InChI=1S/C17H27N3O/c1-4-15(5-2)19-17(21)11-20-9-8-14-10-13(12(3)18)6-7-16(14)20/h6-7,10,12,15H,4-5,8-9,11,18H2,1-3H3,(H,19,21). The first-order chi connectivity index (χ1) is 10.0. The Balaban J connectivity index is 2.01. The molecule has 0 saturated carbocycles. The number of fused-ring (bicyclic) bond motifs is 1. The van der Waals surface area contributed by atoms with E-state index in [1.807, 2.05) is 6.92 Å². The summed E-state index contributed by atoms with van der Waals surface area (Å²) >= 11 is 0. The van der Waals surface area contributed by atoms with Crippen LogP contribution in [0, 0.1) is 0 Å². The number of nitrogens with zero attached hydrogens (tertiary/aromatic N) is 1. The Bertz CT molecular complexity index is 495. The molecule has 1 aromatic rings. The molecule has 0 aliphatic carbocycles. The molecule has 3 N–H and O–H groups in total. The molecular weight excluding hydrogens is 262 g/mol. The van der Waals surface area contributed by atoms with Gasteiger partial charge in [0.15, 0.2) is 0 Å². The van der Waals surface area contributed by atoms with Gasteiger partial charge in [0.1, 0.15) is 0 Å². The van der Waals surface area contributed by atoms with Crippen LogP contribution in [0.1, 0.15) is 50.8 Å². The summed E-state index contributed by atoms with van der Waals surface area (Å²) in [6.45, 7) is 7.57. The summed E-state index contributed by atoms with van der Waals surface area (Å²) in [4.78, 5) is 14.3. The third kappa shape index (κ3) is 3.76. The topological polar surface area (TPSA) is 58.4 Å². The van der Waals surface area contributed by atoms with Gasteiger partial charge in [0.2, 0.25) is 5.91 Å². The second-order valence-electron chi connectivity index (χ2n) is 5.93. The third-order valence-corrected chi connectivity index (χ3v) is 4.31. The predicted molar refractivity (Wildman–Crippen MR) is 87.5 cm³/mol. The molecule has 2 rings (SSSR count). The van der Waals surface area contributed by atoms with Crippen LogP contribution in [0.3, 0.4) is 0 Å². The fourth-order valence-electron chi connectivity index (χ4n) is 2.88. The van der Waals surface area contributed by atoms with Crippen molar-refractivity contribution in [2.75, 3.05) is 18.0 Å². The Morgan fingerprint density at radius 1 is 1.38 bits per heavy atom. The minimum atomic E-state index is 0.0579. The van der Waals surface area contributed by atoms with Crippen molar-refractivity contribution in [2.24, 2.45) is 5.73 Å². The molecule has 0 bridgehead atoms. The van der Waals surface area contributed by atoms with Crippen LogP contribution in [0.5, 0.6) is 0 Å². The minimum absolute atomic E-state index is 0.0579. The number of carbonyl (C=O) groups excluding carboxylic acids is 1. The summed E-state index contributed by atoms with van der Waals surface area (Å²) in [7, 11) is 0. The zero-order chi connectivity index (χ0) is 15.4. The number of nitrogens with one attached hydrogen (secondary N) is 1. The van der Waals surface area contributed by atoms with Crippen molar-refractivity contribution in [1.29, 1.82) is 0 Å². The Morgan fingerprint density at radius 2 is 2.10 bits per heavy atom. The van der Waals surface area contributed by atoms with Crippen molar-refractivity contribution in [1.82, 2.24) is 5.32 Å². The summed E-state index contributed by atoms with van der Waals surface area (Å²) in [6.07, 6.45) is 2.96. The van der Waals surface area contributed by atoms with Gasteiger partial charge in [-0.1, -0.05) is 26.0 Å². The summed E-state index contributed by atoms with van der Waals surface area (Å²) in [5.41, 5.74) is 9.58. The van der Waals surface area contributed by atoms with Gasteiger partial charge in [0, 0.05) is 24.3 Å². The Hall–Kier alpha value is -1.55.